The third kappa shape index (κ3) is 8.56. The lowest BCUT2D eigenvalue weighted by Crippen LogP contribution is -2.32. The molecule has 15 heteroatoms. The van der Waals surface area contributed by atoms with Gasteiger partial charge in [-0.05, 0) is 76.1 Å². The zero-order valence-electron chi connectivity index (χ0n) is 32.3. The van der Waals surface area contributed by atoms with Crippen LogP contribution in [0.3, 0.4) is 0 Å². The largest absolute Gasteiger partial charge is 0.344 e. The molecule has 2 amide bonds. The molecule has 294 valence electrons. The van der Waals surface area contributed by atoms with Gasteiger partial charge >= 0.3 is 5.97 Å². The van der Waals surface area contributed by atoms with Crippen molar-refractivity contribution in [2.45, 2.75) is 87.8 Å². The Balaban J connectivity index is 1.24. The molecule has 0 bridgehead atoms. The minimum absolute atomic E-state index is 0.00197. The summed E-state index contributed by atoms with van der Waals surface area (Å²) >= 11 is 0.945. The van der Waals surface area contributed by atoms with E-state index in [0.29, 0.717) is 11.6 Å². The van der Waals surface area contributed by atoms with Crippen LogP contribution in [0.1, 0.15) is 78.4 Å². The zero-order chi connectivity index (χ0) is 40.1. The first-order valence-electron chi connectivity index (χ1n) is 18.2. The van der Waals surface area contributed by atoms with Crippen molar-refractivity contribution >= 4 is 56.9 Å². The van der Waals surface area contributed by atoms with Crippen molar-refractivity contribution in [1.82, 2.24) is 9.37 Å². The first kappa shape index (κ1) is 41.8. The van der Waals surface area contributed by atoms with Crippen molar-refractivity contribution in [3.8, 4) is 0 Å². The van der Waals surface area contributed by atoms with Gasteiger partial charge in [0.2, 0.25) is 15.7 Å². The van der Waals surface area contributed by atoms with E-state index in [4.69, 9.17) is 10.1 Å². The summed E-state index contributed by atoms with van der Waals surface area (Å²) in [5.41, 5.74) is 5.56. The number of fused-ring (bicyclic) bond motifs is 2. The Morgan fingerprint density at radius 3 is 2.33 bits per heavy atom. The number of hydroxylamine groups is 2. The highest BCUT2D eigenvalue weighted by Crippen LogP contribution is 2.48. The second-order valence-corrected chi connectivity index (χ2v) is 17.2. The van der Waals surface area contributed by atoms with Crippen LogP contribution in [0, 0.1) is 0 Å². The van der Waals surface area contributed by atoms with E-state index in [-0.39, 0.29) is 42.5 Å². The Bertz CT molecular complexity index is 2090. The van der Waals surface area contributed by atoms with Gasteiger partial charge in [-0.15, -0.1) is 9.40 Å². The highest BCUT2D eigenvalue weighted by atomic mass is 32.2. The second kappa shape index (κ2) is 17.2. The maximum absolute atomic E-state index is 13.6. The van der Waals surface area contributed by atoms with Gasteiger partial charge in [0.1, 0.15) is 6.54 Å². The molecule has 0 aliphatic carbocycles. The van der Waals surface area contributed by atoms with Gasteiger partial charge in [0.05, 0.1) is 22.4 Å². The fourth-order valence-corrected chi connectivity index (χ4v) is 8.93. The molecule has 5 rings (SSSR count). The van der Waals surface area contributed by atoms with E-state index >= 15 is 0 Å². The minimum Gasteiger partial charge on any atom is -0.344 e. The predicted octanol–water partition coefficient (Wildman–Crippen LogP) is 6.89. The third-order valence-electron chi connectivity index (χ3n) is 10.2. The van der Waals surface area contributed by atoms with E-state index in [2.05, 4.69) is 78.6 Å². The number of sulfonamides is 1. The van der Waals surface area contributed by atoms with E-state index in [1.807, 2.05) is 48.6 Å². The number of anilines is 1. The van der Waals surface area contributed by atoms with Crippen LogP contribution in [0.15, 0.2) is 94.4 Å². The normalized spacial score (nSPS) is 18.7. The van der Waals surface area contributed by atoms with Crippen molar-refractivity contribution in [2.75, 3.05) is 31.6 Å². The molecule has 13 nitrogen and oxygen atoms in total. The fourth-order valence-electron chi connectivity index (χ4n) is 7.29. The number of imide groups is 1. The smallest absolute Gasteiger partial charge is 0.333 e. The van der Waals surface area contributed by atoms with Crippen LogP contribution < -0.4 is 4.90 Å². The molecule has 0 aromatic heterocycles. The standard InChI is InChI=1S/C40H48N4O9S2/c1-8-42-32-21-19-28(54-53-52-48)26-30(32)39(3,4)34(42)16-13-11-10-12-14-17-35-40(5,6)31-27-29(20-22-33(31)43(35)9-2)55(49,50)41(7)25-15-18-38(47)51-44-36(45)23-24-37(44)46/h10-14,16-17,19-22,26-27H,8-9,15,18,23-25H2,1-7H3/p+1. The average molecular weight is 794 g/mol. The molecule has 1 N–H and O–H groups in total. The lowest BCUT2D eigenvalue weighted by Gasteiger charge is -2.25. The van der Waals surface area contributed by atoms with Crippen molar-refractivity contribution in [2.24, 2.45) is 0 Å². The molecule has 0 saturated carbocycles. The molecule has 0 spiro atoms. The van der Waals surface area contributed by atoms with E-state index < -0.39 is 33.2 Å². The number of hydrogen-bond donors (Lipinski definition) is 1. The topological polar surface area (TPSA) is 146 Å². The summed E-state index contributed by atoms with van der Waals surface area (Å²) in [6.07, 6.45) is 14.1. The lowest BCUT2D eigenvalue weighted by atomic mass is 9.81. The first-order chi connectivity index (χ1) is 26.1. The number of carbonyl (C=O) groups excluding carboxylic acids is 3. The van der Waals surface area contributed by atoms with Crippen LogP contribution in [-0.4, -0.2) is 77.8 Å². The molecule has 0 unspecified atom stereocenters. The van der Waals surface area contributed by atoms with Crippen LogP contribution in [0.4, 0.5) is 11.4 Å². The molecule has 0 atom stereocenters. The van der Waals surface area contributed by atoms with E-state index in [9.17, 15) is 22.8 Å². The van der Waals surface area contributed by atoms with Crippen LogP contribution in [0.25, 0.3) is 0 Å². The number of likely N-dealkylation sites (N-methyl/N-ethyl adjacent to an activating group) is 1. The molecule has 3 aliphatic heterocycles. The number of rotatable bonds is 16. The van der Waals surface area contributed by atoms with Crippen LogP contribution in [0.2, 0.25) is 0 Å². The predicted molar refractivity (Wildman–Crippen MR) is 210 cm³/mol. The summed E-state index contributed by atoms with van der Waals surface area (Å²) in [4.78, 5) is 43.7. The maximum Gasteiger partial charge on any atom is 0.333 e. The summed E-state index contributed by atoms with van der Waals surface area (Å²) in [5, 5.41) is 12.8. The molecule has 2 aromatic rings. The number of hydrogen-bond acceptors (Lipinski definition) is 11. The van der Waals surface area contributed by atoms with Gasteiger partial charge in [-0.3, -0.25) is 9.59 Å². The van der Waals surface area contributed by atoms with Crippen LogP contribution in [0.5, 0.6) is 0 Å². The zero-order valence-corrected chi connectivity index (χ0v) is 33.9. The van der Waals surface area contributed by atoms with Gasteiger partial charge in [-0.2, -0.15) is 4.58 Å². The van der Waals surface area contributed by atoms with Gasteiger partial charge < -0.3 is 9.74 Å². The van der Waals surface area contributed by atoms with E-state index in [1.54, 1.807) is 12.1 Å². The Kier molecular flexibility index (Phi) is 13.1. The van der Waals surface area contributed by atoms with Crippen molar-refractivity contribution in [3.05, 3.63) is 95.8 Å². The van der Waals surface area contributed by atoms with Gasteiger partial charge in [0.15, 0.2) is 5.71 Å². The molecule has 3 heterocycles. The number of allylic oxidation sites excluding steroid dienone is 8. The Hall–Kier alpha value is -4.38. The quantitative estimate of drug-likeness (QED) is 0.0474. The molecule has 55 heavy (non-hydrogen) atoms. The first-order valence-corrected chi connectivity index (χ1v) is 20.4. The monoisotopic (exact) mass is 793 g/mol. The van der Waals surface area contributed by atoms with Crippen molar-refractivity contribution in [1.29, 1.82) is 0 Å². The summed E-state index contributed by atoms with van der Waals surface area (Å²) in [5.74, 6) is -1.90. The van der Waals surface area contributed by atoms with Crippen LogP contribution in [-0.2, 0) is 49.4 Å². The molecular formula is C40H49N4O9S2+. The summed E-state index contributed by atoms with van der Waals surface area (Å²) in [6, 6.07) is 11.2. The number of amides is 2. The lowest BCUT2D eigenvalue weighted by molar-refractivity contribution is -0.433. The summed E-state index contributed by atoms with van der Waals surface area (Å²) in [6.45, 7) is 14.2. The molecule has 1 fully saturated rings. The minimum atomic E-state index is -3.89. The maximum atomic E-state index is 13.6. The van der Waals surface area contributed by atoms with Crippen LogP contribution >= 0.6 is 12.0 Å². The summed E-state index contributed by atoms with van der Waals surface area (Å²) in [7, 11) is -2.43. The third-order valence-corrected chi connectivity index (χ3v) is 12.7. The van der Waals surface area contributed by atoms with Crippen molar-refractivity contribution in [3.63, 3.8) is 0 Å². The SMILES string of the molecule is CCN1/C(=C/C=C/C=C/C=C/C2=[N+](CC)c3ccc(SOOO)cc3C2(C)C)C(C)(C)c2cc(S(=O)(=O)N(C)CCCC(=O)ON3C(=O)CCC3=O)ccc21. The molecule has 3 aliphatic rings. The average Bonchev–Trinajstić information content (AvgIpc) is 3.67. The highest BCUT2D eigenvalue weighted by Gasteiger charge is 2.44. The number of benzene rings is 2. The molecule has 0 radical (unpaired) electrons. The van der Waals surface area contributed by atoms with E-state index in [0.717, 1.165) is 57.4 Å². The summed E-state index contributed by atoms with van der Waals surface area (Å²) < 4.78 is 35.3. The highest BCUT2D eigenvalue weighted by molar-refractivity contribution is 7.94. The van der Waals surface area contributed by atoms with E-state index in [1.165, 1.54) is 11.4 Å². The Morgan fingerprint density at radius 1 is 0.964 bits per heavy atom. The molecular weight excluding hydrogens is 745 g/mol. The fraction of sp³-hybridized carbons (Fsp3) is 0.400. The molecule has 2 aromatic carbocycles. The Labute approximate surface area is 327 Å². The van der Waals surface area contributed by atoms with Gasteiger partial charge in [-0.25, -0.2) is 22.8 Å². The Morgan fingerprint density at radius 2 is 1.65 bits per heavy atom. The van der Waals surface area contributed by atoms with Gasteiger partial charge in [-0.1, -0.05) is 49.3 Å². The van der Waals surface area contributed by atoms with Gasteiger partial charge in [0, 0.05) is 78.8 Å². The number of carbonyl (C=O) groups is 3. The second-order valence-electron chi connectivity index (χ2n) is 14.4. The van der Waals surface area contributed by atoms with Gasteiger partial charge in [0.25, 0.3) is 11.8 Å². The number of nitrogens with zero attached hydrogens (tertiary/aromatic N) is 4. The van der Waals surface area contributed by atoms with Crippen molar-refractivity contribution < 1.29 is 46.8 Å². The molecule has 1 saturated heterocycles.